The second-order valence-electron chi connectivity index (χ2n) is 6.87. The second kappa shape index (κ2) is 9.30. The first-order valence-corrected chi connectivity index (χ1v) is 9.92. The van der Waals surface area contributed by atoms with Crippen LogP contribution in [0.2, 0.25) is 0 Å². The molecule has 1 fully saturated rings. The zero-order valence-corrected chi connectivity index (χ0v) is 16.9. The second-order valence-corrected chi connectivity index (χ2v) is 7.79. The van der Waals surface area contributed by atoms with Crippen molar-refractivity contribution in [3.8, 4) is 0 Å². The van der Waals surface area contributed by atoms with Crippen LogP contribution in [0.15, 0.2) is 53.0 Å². The average Bonchev–Trinajstić information content (AvgIpc) is 2.71. The van der Waals surface area contributed by atoms with Crippen molar-refractivity contribution in [3.05, 3.63) is 69.9 Å². The summed E-state index contributed by atoms with van der Waals surface area (Å²) in [4.78, 5) is 24.4. The van der Waals surface area contributed by atoms with Gasteiger partial charge in [0.05, 0.1) is 6.54 Å². The summed E-state index contributed by atoms with van der Waals surface area (Å²) >= 11 is 3.32. The van der Waals surface area contributed by atoms with Gasteiger partial charge in [0.1, 0.15) is 5.82 Å². The van der Waals surface area contributed by atoms with Crippen molar-refractivity contribution < 1.29 is 18.7 Å². The van der Waals surface area contributed by atoms with E-state index in [1.807, 2.05) is 6.07 Å². The molecule has 0 aliphatic carbocycles. The van der Waals surface area contributed by atoms with E-state index >= 15 is 0 Å². The summed E-state index contributed by atoms with van der Waals surface area (Å²) in [6.45, 7) is 1.48. The topological polar surface area (TPSA) is 67.4 Å². The monoisotopic (exact) mass is 448 g/mol. The number of nitrogens with one attached hydrogen (secondary N) is 2. The van der Waals surface area contributed by atoms with Gasteiger partial charge in [0.15, 0.2) is 0 Å². The van der Waals surface area contributed by atoms with Gasteiger partial charge in [0.25, 0.3) is 5.91 Å². The van der Waals surface area contributed by atoms with E-state index in [4.69, 9.17) is 4.74 Å². The lowest BCUT2D eigenvalue weighted by Gasteiger charge is -2.38. The fourth-order valence-electron chi connectivity index (χ4n) is 3.36. The first-order valence-electron chi connectivity index (χ1n) is 9.13. The summed E-state index contributed by atoms with van der Waals surface area (Å²) in [5.74, 6) is -0.864. The third kappa shape index (κ3) is 5.17. The third-order valence-electron chi connectivity index (χ3n) is 5.03. The van der Waals surface area contributed by atoms with Gasteiger partial charge in [-0.3, -0.25) is 9.59 Å². The molecule has 0 aromatic heterocycles. The number of hydrogen-bond acceptors (Lipinski definition) is 3. The lowest BCUT2D eigenvalue weighted by Crippen LogP contribution is -2.47. The number of rotatable bonds is 6. The predicted molar refractivity (Wildman–Crippen MR) is 108 cm³/mol. The first kappa shape index (κ1) is 20.5. The number of carbonyl (C=O) groups is 2. The van der Waals surface area contributed by atoms with E-state index in [2.05, 4.69) is 26.6 Å². The molecule has 1 heterocycles. The summed E-state index contributed by atoms with van der Waals surface area (Å²) in [7, 11) is 0. The molecule has 2 N–H and O–H groups in total. The molecule has 148 valence electrons. The van der Waals surface area contributed by atoms with Crippen LogP contribution >= 0.6 is 15.9 Å². The minimum absolute atomic E-state index is 0.110. The SMILES string of the molecule is O=C(CNC(=O)c1cccc(Br)c1)NCC1(c2ccc(F)cc2)CCOCC1. The van der Waals surface area contributed by atoms with Crippen molar-refractivity contribution in [2.24, 2.45) is 0 Å². The third-order valence-corrected chi connectivity index (χ3v) is 5.52. The first-order chi connectivity index (χ1) is 13.5. The quantitative estimate of drug-likeness (QED) is 0.712. The Morgan fingerprint density at radius 2 is 1.79 bits per heavy atom. The zero-order chi connectivity index (χ0) is 20.0. The summed E-state index contributed by atoms with van der Waals surface area (Å²) in [5, 5.41) is 5.54. The number of amides is 2. The molecule has 2 aromatic carbocycles. The van der Waals surface area contributed by atoms with Gasteiger partial charge in [0, 0.05) is 35.2 Å². The van der Waals surface area contributed by atoms with Crippen LogP contribution in [0, 0.1) is 5.82 Å². The van der Waals surface area contributed by atoms with Crippen molar-refractivity contribution in [3.63, 3.8) is 0 Å². The maximum absolute atomic E-state index is 13.3. The van der Waals surface area contributed by atoms with Crippen LogP contribution in [-0.2, 0) is 14.9 Å². The van der Waals surface area contributed by atoms with Crippen LogP contribution < -0.4 is 10.6 Å². The van der Waals surface area contributed by atoms with Crippen molar-refractivity contribution in [1.29, 1.82) is 0 Å². The largest absolute Gasteiger partial charge is 0.381 e. The minimum Gasteiger partial charge on any atom is -0.381 e. The average molecular weight is 449 g/mol. The Bertz CT molecular complexity index is 836. The van der Waals surface area contributed by atoms with Gasteiger partial charge in [-0.15, -0.1) is 0 Å². The van der Waals surface area contributed by atoms with Gasteiger partial charge < -0.3 is 15.4 Å². The van der Waals surface area contributed by atoms with E-state index in [0.29, 0.717) is 25.3 Å². The maximum Gasteiger partial charge on any atom is 0.251 e. The molecule has 0 radical (unpaired) electrons. The van der Waals surface area contributed by atoms with Crippen LogP contribution in [0.4, 0.5) is 4.39 Å². The smallest absolute Gasteiger partial charge is 0.251 e. The van der Waals surface area contributed by atoms with Crippen molar-refractivity contribution >= 4 is 27.7 Å². The highest BCUT2D eigenvalue weighted by atomic mass is 79.9. The van der Waals surface area contributed by atoms with Crippen LogP contribution in [0.5, 0.6) is 0 Å². The van der Waals surface area contributed by atoms with E-state index in [9.17, 15) is 14.0 Å². The van der Waals surface area contributed by atoms with Crippen molar-refractivity contribution in [1.82, 2.24) is 10.6 Å². The molecule has 0 unspecified atom stereocenters. The Hall–Kier alpha value is -2.25. The van der Waals surface area contributed by atoms with Crippen LogP contribution in [0.1, 0.15) is 28.8 Å². The summed E-state index contributed by atoms with van der Waals surface area (Å²) < 4.78 is 19.6. The highest BCUT2D eigenvalue weighted by Crippen LogP contribution is 2.34. The van der Waals surface area contributed by atoms with E-state index in [1.165, 1.54) is 12.1 Å². The number of hydrogen-bond donors (Lipinski definition) is 2. The molecule has 0 saturated carbocycles. The van der Waals surface area contributed by atoms with E-state index in [0.717, 1.165) is 22.9 Å². The van der Waals surface area contributed by atoms with Crippen molar-refractivity contribution in [2.75, 3.05) is 26.3 Å². The fourth-order valence-corrected chi connectivity index (χ4v) is 3.75. The Morgan fingerprint density at radius 3 is 2.46 bits per heavy atom. The molecule has 0 atom stereocenters. The fraction of sp³-hybridized carbons (Fsp3) is 0.333. The van der Waals surface area contributed by atoms with Crippen LogP contribution in [0.25, 0.3) is 0 Å². The number of halogens is 2. The lowest BCUT2D eigenvalue weighted by molar-refractivity contribution is -0.120. The predicted octanol–water partition coefficient (Wildman–Crippen LogP) is 3.18. The molecule has 1 saturated heterocycles. The number of benzene rings is 2. The Labute approximate surface area is 171 Å². The van der Waals surface area contributed by atoms with Gasteiger partial charge >= 0.3 is 0 Å². The van der Waals surface area contributed by atoms with E-state index < -0.39 is 0 Å². The molecular formula is C21H22BrFN2O3. The van der Waals surface area contributed by atoms with Gasteiger partial charge in [-0.2, -0.15) is 0 Å². The molecule has 1 aliphatic heterocycles. The Balaban J connectivity index is 1.58. The van der Waals surface area contributed by atoms with Crippen LogP contribution in [-0.4, -0.2) is 38.1 Å². The molecule has 28 heavy (non-hydrogen) atoms. The Kier molecular flexibility index (Phi) is 6.80. The maximum atomic E-state index is 13.3. The molecule has 7 heteroatoms. The summed E-state index contributed by atoms with van der Waals surface area (Å²) in [5.41, 5.74) is 1.17. The molecular weight excluding hydrogens is 427 g/mol. The van der Waals surface area contributed by atoms with Gasteiger partial charge in [-0.05, 0) is 48.7 Å². The molecule has 2 aromatic rings. The Morgan fingerprint density at radius 1 is 1.07 bits per heavy atom. The highest BCUT2D eigenvalue weighted by molar-refractivity contribution is 9.10. The van der Waals surface area contributed by atoms with Gasteiger partial charge in [-0.1, -0.05) is 34.1 Å². The summed E-state index contributed by atoms with van der Waals surface area (Å²) in [6, 6.07) is 13.4. The van der Waals surface area contributed by atoms with E-state index in [1.54, 1.807) is 30.3 Å². The molecule has 2 amide bonds. The minimum atomic E-state index is -0.309. The molecule has 1 aliphatic rings. The van der Waals surface area contributed by atoms with Gasteiger partial charge in [-0.25, -0.2) is 4.39 Å². The number of carbonyl (C=O) groups excluding carboxylic acids is 2. The van der Waals surface area contributed by atoms with Crippen molar-refractivity contribution in [2.45, 2.75) is 18.3 Å². The molecule has 3 rings (SSSR count). The molecule has 5 nitrogen and oxygen atoms in total. The lowest BCUT2D eigenvalue weighted by atomic mass is 9.74. The van der Waals surface area contributed by atoms with Crippen LogP contribution in [0.3, 0.4) is 0 Å². The highest BCUT2D eigenvalue weighted by Gasteiger charge is 2.34. The number of ether oxygens (including phenoxy) is 1. The normalized spacial score (nSPS) is 15.6. The van der Waals surface area contributed by atoms with Gasteiger partial charge in [0.2, 0.25) is 5.91 Å². The molecule has 0 bridgehead atoms. The standard InChI is InChI=1S/C21H22BrFN2O3/c22-17-3-1-2-15(12-17)20(27)24-13-19(26)25-14-21(8-10-28-11-9-21)16-4-6-18(23)7-5-16/h1-7,12H,8-11,13-14H2,(H,24,27)(H,25,26). The van der Waals surface area contributed by atoms with E-state index in [-0.39, 0.29) is 29.6 Å². The summed E-state index contributed by atoms with van der Waals surface area (Å²) in [6.07, 6.45) is 1.48. The zero-order valence-electron chi connectivity index (χ0n) is 15.3. The molecule has 0 spiro atoms.